The molecule has 0 N–H and O–H groups in total. The highest BCUT2D eigenvalue weighted by molar-refractivity contribution is 5.64. The second-order valence-corrected chi connectivity index (χ2v) is 9.97. The molecule has 0 bridgehead atoms. The predicted octanol–water partition coefficient (Wildman–Crippen LogP) is 9.47. The molecule has 2 aromatic carbocycles. The summed E-state index contributed by atoms with van der Waals surface area (Å²) in [7, 11) is 0. The van der Waals surface area contributed by atoms with Crippen LogP contribution in [0, 0.1) is 23.2 Å². The highest BCUT2D eigenvalue weighted by Crippen LogP contribution is 2.40. The third kappa shape index (κ3) is 7.23. The van der Waals surface area contributed by atoms with Gasteiger partial charge in [0.1, 0.15) is 0 Å². The van der Waals surface area contributed by atoms with Crippen LogP contribution in [0.2, 0.25) is 0 Å². The minimum Gasteiger partial charge on any atom is -0.198 e. The van der Waals surface area contributed by atoms with Gasteiger partial charge in [-0.15, -0.1) is 0 Å². The van der Waals surface area contributed by atoms with Crippen molar-refractivity contribution >= 4 is 0 Å². The summed E-state index contributed by atoms with van der Waals surface area (Å²) in [5.41, 5.74) is 5.59. The first kappa shape index (κ1) is 24.6. The molecule has 32 heavy (non-hydrogen) atoms. The van der Waals surface area contributed by atoms with Gasteiger partial charge in [0, 0.05) is 5.92 Å². The molecular weight excluding hydrogens is 386 g/mol. The largest absolute Gasteiger partial charge is 0.198 e. The average molecular weight is 430 g/mol. The fraction of sp³-hybridized carbons (Fsp3) is 0.581. The molecule has 3 rings (SSSR count). The molecule has 1 aliphatic rings. The molecule has 1 saturated carbocycles. The third-order valence-electron chi connectivity index (χ3n) is 7.59. The van der Waals surface area contributed by atoms with Gasteiger partial charge in [0.15, 0.2) is 0 Å². The van der Waals surface area contributed by atoms with Crippen molar-refractivity contribution in [1.29, 1.82) is 5.26 Å². The Bertz CT molecular complexity index is 803. The molecule has 0 amide bonds. The lowest BCUT2D eigenvalue weighted by Gasteiger charge is -2.31. The Morgan fingerprint density at radius 1 is 0.750 bits per heavy atom. The molecule has 0 unspecified atom stereocenters. The van der Waals surface area contributed by atoms with E-state index in [0.29, 0.717) is 11.8 Å². The summed E-state index contributed by atoms with van der Waals surface area (Å²) in [5.74, 6) is 1.55. The Labute approximate surface area is 197 Å². The SMILES string of the molecule is CCCCCCCCc1ccc(-c2ccc(C3CCC([C@H](C#N)CCC)CC3)cc2)cc1. The molecule has 172 valence electrons. The summed E-state index contributed by atoms with van der Waals surface area (Å²) >= 11 is 0. The summed E-state index contributed by atoms with van der Waals surface area (Å²) in [6, 6.07) is 21.1. The van der Waals surface area contributed by atoms with Crippen LogP contribution in [0.25, 0.3) is 11.1 Å². The fourth-order valence-electron chi connectivity index (χ4n) is 5.49. The second-order valence-electron chi connectivity index (χ2n) is 9.97. The average Bonchev–Trinajstić information content (AvgIpc) is 2.85. The van der Waals surface area contributed by atoms with Crippen molar-refractivity contribution in [2.75, 3.05) is 0 Å². The van der Waals surface area contributed by atoms with E-state index in [2.05, 4.69) is 68.4 Å². The number of benzene rings is 2. The van der Waals surface area contributed by atoms with Crippen molar-refractivity contribution in [3.05, 3.63) is 59.7 Å². The van der Waals surface area contributed by atoms with E-state index in [1.165, 1.54) is 92.9 Å². The summed E-state index contributed by atoms with van der Waals surface area (Å²) < 4.78 is 0. The van der Waals surface area contributed by atoms with Gasteiger partial charge in [0.25, 0.3) is 0 Å². The molecule has 0 radical (unpaired) electrons. The van der Waals surface area contributed by atoms with Crippen molar-refractivity contribution < 1.29 is 0 Å². The van der Waals surface area contributed by atoms with Gasteiger partial charge in [0.05, 0.1) is 6.07 Å². The Balaban J connectivity index is 1.48. The number of rotatable bonds is 12. The van der Waals surface area contributed by atoms with Gasteiger partial charge in [-0.2, -0.15) is 5.26 Å². The zero-order valence-corrected chi connectivity index (χ0v) is 20.5. The van der Waals surface area contributed by atoms with Crippen LogP contribution in [-0.4, -0.2) is 0 Å². The summed E-state index contributed by atoms with van der Waals surface area (Å²) in [6.07, 6.45) is 16.5. The first-order chi connectivity index (χ1) is 15.7. The summed E-state index contributed by atoms with van der Waals surface area (Å²) in [5, 5.41) is 9.48. The van der Waals surface area contributed by atoms with Crippen molar-refractivity contribution in [1.82, 2.24) is 0 Å². The zero-order valence-electron chi connectivity index (χ0n) is 20.5. The summed E-state index contributed by atoms with van der Waals surface area (Å²) in [6.45, 7) is 4.47. The Hall–Kier alpha value is -2.07. The van der Waals surface area contributed by atoms with E-state index >= 15 is 0 Å². The Kier molecular flexibility index (Phi) is 10.3. The van der Waals surface area contributed by atoms with E-state index in [-0.39, 0.29) is 5.92 Å². The quantitative estimate of drug-likeness (QED) is 0.308. The van der Waals surface area contributed by atoms with E-state index < -0.39 is 0 Å². The van der Waals surface area contributed by atoms with E-state index in [1.807, 2.05) is 0 Å². The smallest absolute Gasteiger partial charge is 0.0658 e. The third-order valence-corrected chi connectivity index (χ3v) is 7.59. The van der Waals surface area contributed by atoms with E-state index in [1.54, 1.807) is 0 Å². The van der Waals surface area contributed by atoms with Crippen molar-refractivity contribution in [3.63, 3.8) is 0 Å². The van der Waals surface area contributed by atoms with E-state index in [9.17, 15) is 5.26 Å². The standard InChI is InChI=1S/C31H43N/c1-3-5-6-7-8-9-11-25-12-14-26(15-13-25)27-16-18-28(19-17-27)29-20-22-30(23-21-29)31(24-32)10-4-2/h12-19,29-31H,3-11,20-23H2,1-2H3/t29?,30?,31-/m0/s1. The van der Waals surface area contributed by atoms with E-state index in [4.69, 9.17) is 0 Å². The topological polar surface area (TPSA) is 23.8 Å². The molecule has 1 fully saturated rings. The van der Waals surface area contributed by atoms with Crippen molar-refractivity contribution in [2.24, 2.45) is 11.8 Å². The Morgan fingerprint density at radius 3 is 1.94 bits per heavy atom. The van der Waals surface area contributed by atoms with Crippen LogP contribution < -0.4 is 0 Å². The maximum atomic E-state index is 9.48. The second kappa shape index (κ2) is 13.5. The minimum absolute atomic E-state index is 0.271. The fourth-order valence-corrected chi connectivity index (χ4v) is 5.49. The van der Waals surface area contributed by atoms with Gasteiger partial charge in [-0.05, 0) is 79.0 Å². The lowest BCUT2D eigenvalue weighted by Crippen LogP contribution is -2.20. The normalized spacial score (nSPS) is 19.4. The van der Waals surface area contributed by atoms with Crippen LogP contribution in [0.1, 0.15) is 108 Å². The monoisotopic (exact) mass is 429 g/mol. The van der Waals surface area contributed by atoms with Gasteiger partial charge >= 0.3 is 0 Å². The highest BCUT2D eigenvalue weighted by Gasteiger charge is 2.27. The molecule has 0 aliphatic heterocycles. The van der Waals surface area contributed by atoms with Gasteiger partial charge in [0.2, 0.25) is 0 Å². The highest BCUT2D eigenvalue weighted by atomic mass is 14.4. The maximum absolute atomic E-state index is 9.48. The number of unbranched alkanes of at least 4 members (excludes halogenated alkanes) is 5. The molecule has 0 aromatic heterocycles. The van der Waals surface area contributed by atoms with E-state index in [0.717, 1.165) is 12.8 Å². The van der Waals surface area contributed by atoms with Gasteiger partial charge in [-0.3, -0.25) is 0 Å². The lowest BCUT2D eigenvalue weighted by atomic mass is 9.73. The summed E-state index contributed by atoms with van der Waals surface area (Å²) in [4.78, 5) is 0. The molecule has 2 aromatic rings. The molecule has 1 atom stereocenters. The molecule has 1 aliphatic carbocycles. The lowest BCUT2D eigenvalue weighted by molar-refractivity contribution is 0.259. The van der Waals surface area contributed by atoms with Gasteiger partial charge < -0.3 is 0 Å². The van der Waals surface area contributed by atoms with Crippen molar-refractivity contribution in [3.8, 4) is 17.2 Å². The zero-order chi connectivity index (χ0) is 22.6. The molecular formula is C31H43N. The number of nitrogens with zero attached hydrogens (tertiary/aromatic N) is 1. The van der Waals surface area contributed by atoms with Crippen molar-refractivity contribution in [2.45, 2.75) is 103 Å². The molecule has 1 nitrogen and oxygen atoms in total. The number of hydrogen-bond acceptors (Lipinski definition) is 1. The first-order valence-corrected chi connectivity index (χ1v) is 13.3. The van der Waals surface area contributed by atoms with Crippen LogP contribution in [0.3, 0.4) is 0 Å². The van der Waals surface area contributed by atoms with Crippen LogP contribution >= 0.6 is 0 Å². The van der Waals surface area contributed by atoms with Crippen LogP contribution in [-0.2, 0) is 6.42 Å². The molecule has 1 heteroatoms. The minimum atomic E-state index is 0.271. The molecule has 0 spiro atoms. The predicted molar refractivity (Wildman–Crippen MR) is 138 cm³/mol. The number of aryl methyl sites for hydroxylation is 1. The number of hydrogen-bond donors (Lipinski definition) is 0. The molecule has 0 heterocycles. The van der Waals surface area contributed by atoms with Gasteiger partial charge in [-0.25, -0.2) is 0 Å². The number of nitriles is 1. The van der Waals surface area contributed by atoms with Gasteiger partial charge in [-0.1, -0.05) is 101 Å². The van der Waals surface area contributed by atoms with Crippen LogP contribution in [0.4, 0.5) is 0 Å². The first-order valence-electron chi connectivity index (χ1n) is 13.3. The Morgan fingerprint density at radius 2 is 1.34 bits per heavy atom. The van der Waals surface area contributed by atoms with Crippen LogP contribution in [0.15, 0.2) is 48.5 Å². The maximum Gasteiger partial charge on any atom is 0.0658 e. The molecule has 0 saturated heterocycles. The van der Waals surface area contributed by atoms with Crippen LogP contribution in [0.5, 0.6) is 0 Å².